The van der Waals surface area contributed by atoms with Crippen LogP contribution in [-0.2, 0) is 16.4 Å². The van der Waals surface area contributed by atoms with Gasteiger partial charge in [0, 0.05) is 25.9 Å². The molecule has 7 heteroatoms. The van der Waals surface area contributed by atoms with Crippen LogP contribution in [0.15, 0.2) is 35.3 Å². The first-order valence-electron chi connectivity index (χ1n) is 6.59. The summed E-state index contributed by atoms with van der Waals surface area (Å²) in [4.78, 5) is 4.13. The molecule has 2 N–H and O–H groups in total. The average Bonchev–Trinajstić information content (AvgIpc) is 2.41. The first-order valence-corrected chi connectivity index (χ1v) is 8.65. The van der Waals surface area contributed by atoms with Crippen LogP contribution in [0.3, 0.4) is 0 Å². The summed E-state index contributed by atoms with van der Waals surface area (Å²) in [7, 11) is -1.22. The summed E-state index contributed by atoms with van der Waals surface area (Å²) in [5.74, 6) is 0.853. The van der Waals surface area contributed by atoms with E-state index in [-0.39, 0.29) is 35.8 Å². The molecule has 0 fully saturated rings. The lowest BCUT2D eigenvalue weighted by atomic mass is 10.2. The lowest BCUT2D eigenvalue weighted by molar-refractivity contribution is 0.581. The topological polar surface area (TPSA) is 70.6 Å². The highest BCUT2D eigenvalue weighted by molar-refractivity contribution is 14.0. The van der Waals surface area contributed by atoms with Crippen molar-refractivity contribution in [3.05, 3.63) is 35.9 Å². The van der Waals surface area contributed by atoms with Crippen LogP contribution < -0.4 is 10.6 Å². The summed E-state index contributed by atoms with van der Waals surface area (Å²) in [6, 6.07) is 10.1. The SMILES string of the molecule is CN=C(NCc1ccccc1)NC(C)CCS(C)(=O)=O.I. The van der Waals surface area contributed by atoms with E-state index in [9.17, 15) is 8.42 Å². The number of hydrogen-bond donors (Lipinski definition) is 2. The van der Waals surface area contributed by atoms with Crippen molar-refractivity contribution in [2.75, 3.05) is 19.1 Å². The molecule has 1 rings (SSSR count). The standard InChI is InChI=1S/C14H23N3O2S.HI/c1-12(9-10-20(3,18)19)17-14(15-2)16-11-13-7-5-4-6-8-13;/h4-8,12H,9-11H2,1-3H3,(H2,15,16,17);1H. The van der Waals surface area contributed by atoms with Gasteiger partial charge in [0.15, 0.2) is 5.96 Å². The summed E-state index contributed by atoms with van der Waals surface area (Å²) in [6.07, 6.45) is 1.81. The maximum absolute atomic E-state index is 11.1. The molecule has 0 amide bonds. The number of halogens is 1. The number of sulfone groups is 1. The summed E-state index contributed by atoms with van der Waals surface area (Å²) in [5, 5.41) is 6.39. The Hall–Kier alpha value is -0.830. The lowest BCUT2D eigenvalue weighted by Gasteiger charge is -2.17. The van der Waals surface area contributed by atoms with E-state index in [0.29, 0.717) is 18.9 Å². The van der Waals surface area contributed by atoms with Crippen molar-refractivity contribution >= 4 is 39.8 Å². The van der Waals surface area contributed by atoms with E-state index in [0.717, 1.165) is 0 Å². The van der Waals surface area contributed by atoms with Crippen LogP contribution in [0.5, 0.6) is 0 Å². The number of nitrogens with zero attached hydrogens (tertiary/aromatic N) is 1. The molecule has 0 bridgehead atoms. The van der Waals surface area contributed by atoms with Crippen LogP contribution in [0.4, 0.5) is 0 Å². The molecule has 0 aromatic heterocycles. The van der Waals surface area contributed by atoms with Gasteiger partial charge < -0.3 is 10.6 Å². The fraction of sp³-hybridized carbons (Fsp3) is 0.500. The molecule has 120 valence electrons. The molecule has 1 aromatic carbocycles. The summed E-state index contributed by atoms with van der Waals surface area (Å²) >= 11 is 0. The Morgan fingerprint density at radius 3 is 2.43 bits per heavy atom. The van der Waals surface area contributed by atoms with Crippen LogP contribution in [0, 0.1) is 0 Å². The van der Waals surface area contributed by atoms with E-state index in [2.05, 4.69) is 15.6 Å². The quantitative estimate of drug-likeness (QED) is 0.414. The second-order valence-corrected chi connectivity index (χ2v) is 7.14. The largest absolute Gasteiger partial charge is 0.354 e. The molecule has 0 radical (unpaired) electrons. The van der Waals surface area contributed by atoms with E-state index in [1.54, 1.807) is 7.05 Å². The third-order valence-electron chi connectivity index (χ3n) is 2.83. The maximum atomic E-state index is 11.1. The normalized spacial score (nSPS) is 13.2. The predicted octanol–water partition coefficient (Wildman–Crippen LogP) is 1.79. The van der Waals surface area contributed by atoms with Gasteiger partial charge >= 0.3 is 0 Å². The van der Waals surface area contributed by atoms with Crippen LogP contribution in [0.2, 0.25) is 0 Å². The van der Waals surface area contributed by atoms with Gasteiger partial charge in [0.25, 0.3) is 0 Å². The summed E-state index contributed by atoms with van der Waals surface area (Å²) in [5.41, 5.74) is 1.17. The smallest absolute Gasteiger partial charge is 0.191 e. The minimum Gasteiger partial charge on any atom is -0.354 e. The molecule has 5 nitrogen and oxygen atoms in total. The van der Waals surface area contributed by atoms with Crippen molar-refractivity contribution in [2.45, 2.75) is 25.9 Å². The number of guanidine groups is 1. The fourth-order valence-corrected chi connectivity index (χ4v) is 2.45. The van der Waals surface area contributed by atoms with E-state index in [1.165, 1.54) is 11.8 Å². The molecule has 0 aliphatic rings. The highest BCUT2D eigenvalue weighted by atomic mass is 127. The molecule has 1 unspecified atom stereocenters. The van der Waals surface area contributed by atoms with Gasteiger partial charge in [-0.2, -0.15) is 0 Å². The van der Waals surface area contributed by atoms with Gasteiger partial charge in [-0.05, 0) is 18.9 Å². The maximum Gasteiger partial charge on any atom is 0.191 e. The Morgan fingerprint density at radius 2 is 1.90 bits per heavy atom. The number of rotatable bonds is 6. The molecular formula is C14H24IN3O2S. The molecule has 0 spiro atoms. The third-order valence-corrected chi connectivity index (χ3v) is 3.81. The fourth-order valence-electron chi connectivity index (χ4n) is 1.67. The highest BCUT2D eigenvalue weighted by Crippen LogP contribution is 1.98. The van der Waals surface area contributed by atoms with Gasteiger partial charge in [0.2, 0.25) is 0 Å². The summed E-state index contributed by atoms with van der Waals surface area (Å²) in [6.45, 7) is 2.62. The Morgan fingerprint density at radius 1 is 1.29 bits per heavy atom. The monoisotopic (exact) mass is 425 g/mol. The first kappa shape index (κ1) is 20.2. The third kappa shape index (κ3) is 9.67. The average molecular weight is 425 g/mol. The zero-order valence-corrected chi connectivity index (χ0v) is 15.8. The van der Waals surface area contributed by atoms with E-state index < -0.39 is 9.84 Å². The van der Waals surface area contributed by atoms with Gasteiger partial charge in [-0.25, -0.2) is 8.42 Å². The molecule has 1 atom stereocenters. The van der Waals surface area contributed by atoms with E-state index in [4.69, 9.17) is 0 Å². The number of nitrogens with one attached hydrogen (secondary N) is 2. The van der Waals surface area contributed by atoms with Crippen molar-refractivity contribution in [2.24, 2.45) is 4.99 Å². The van der Waals surface area contributed by atoms with Crippen LogP contribution in [0.25, 0.3) is 0 Å². The highest BCUT2D eigenvalue weighted by Gasteiger charge is 2.09. The van der Waals surface area contributed by atoms with Gasteiger partial charge in [-0.15, -0.1) is 24.0 Å². The molecule has 0 saturated carbocycles. The molecule has 21 heavy (non-hydrogen) atoms. The number of benzene rings is 1. The molecule has 0 aliphatic carbocycles. The van der Waals surface area contributed by atoms with Crippen molar-refractivity contribution in [3.63, 3.8) is 0 Å². The van der Waals surface area contributed by atoms with Crippen molar-refractivity contribution < 1.29 is 8.42 Å². The minimum absolute atomic E-state index is 0. The number of hydrogen-bond acceptors (Lipinski definition) is 3. The minimum atomic E-state index is -2.92. The van der Waals surface area contributed by atoms with Crippen LogP contribution in [0.1, 0.15) is 18.9 Å². The first-order chi connectivity index (χ1) is 9.40. The number of aliphatic imine (C=N–C) groups is 1. The van der Waals surface area contributed by atoms with Gasteiger partial charge in [0.1, 0.15) is 9.84 Å². The second kappa shape index (κ2) is 9.99. The zero-order valence-electron chi connectivity index (χ0n) is 12.7. The second-order valence-electron chi connectivity index (χ2n) is 4.88. The Balaban J connectivity index is 0.00000400. The van der Waals surface area contributed by atoms with Gasteiger partial charge in [0.05, 0.1) is 5.75 Å². The molecule has 0 heterocycles. The Bertz CT molecular complexity index is 532. The molecular weight excluding hydrogens is 401 g/mol. The van der Waals surface area contributed by atoms with Gasteiger partial charge in [-0.3, -0.25) is 4.99 Å². The van der Waals surface area contributed by atoms with E-state index in [1.807, 2.05) is 37.3 Å². The van der Waals surface area contributed by atoms with Gasteiger partial charge in [-0.1, -0.05) is 30.3 Å². The zero-order chi connectivity index (χ0) is 15.0. The Labute approximate surface area is 144 Å². The van der Waals surface area contributed by atoms with Crippen molar-refractivity contribution in [1.29, 1.82) is 0 Å². The molecule has 0 saturated heterocycles. The van der Waals surface area contributed by atoms with Crippen molar-refractivity contribution in [3.8, 4) is 0 Å². The Kier molecular flexibility index (Phi) is 9.60. The van der Waals surface area contributed by atoms with Crippen LogP contribution in [-0.4, -0.2) is 39.5 Å². The predicted molar refractivity (Wildman–Crippen MR) is 99.0 cm³/mol. The summed E-state index contributed by atoms with van der Waals surface area (Å²) < 4.78 is 22.3. The lowest BCUT2D eigenvalue weighted by Crippen LogP contribution is -2.42. The molecule has 0 aliphatic heterocycles. The van der Waals surface area contributed by atoms with Crippen molar-refractivity contribution in [1.82, 2.24) is 10.6 Å². The van der Waals surface area contributed by atoms with Crippen LogP contribution >= 0.6 is 24.0 Å². The van der Waals surface area contributed by atoms with E-state index >= 15 is 0 Å². The molecule has 1 aromatic rings.